The standard InChI is InChI=1S/C13H13ClFN3O/c14-9-7-8(3-4-10(9)15)11-17-12(18-19-11)13(16)5-1-2-6-13/h3-4,7H,1-2,5-6,16H2. The lowest BCUT2D eigenvalue weighted by Gasteiger charge is -2.17. The van der Waals surface area contributed by atoms with Crippen molar-refractivity contribution in [1.29, 1.82) is 0 Å². The van der Waals surface area contributed by atoms with Gasteiger partial charge in [-0.25, -0.2) is 4.39 Å². The average Bonchev–Trinajstić information content (AvgIpc) is 3.02. The molecule has 1 aromatic heterocycles. The number of rotatable bonds is 2. The molecule has 0 radical (unpaired) electrons. The SMILES string of the molecule is NC1(c2noc(-c3ccc(F)c(Cl)c3)n2)CCCC1. The zero-order valence-electron chi connectivity index (χ0n) is 10.2. The van der Waals surface area contributed by atoms with Gasteiger partial charge in [0.05, 0.1) is 10.6 Å². The van der Waals surface area contributed by atoms with E-state index >= 15 is 0 Å². The minimum absolute atomic E-state index is 0.0283. The van der Waals surface area contributed by atoms with E-state index in [4.69, 9.17) is 21.9 Å². The van der Waals surface area contributed by atoms with E-state index in [9.17, 15) is 4.39 Å². The van der Waals surface area contributed by atoms with Gasteiger partial charge >= 0.3 is 0 Å². The molecule has 4 nitrogen and oxygen atoms in total. The number of hydrogen-bond donors (Lipinski definition) is 1. The number of halogens is 2. The Hall–Kier alpha value is -1.46. The Morgan fingerprint density at radius 1 is 1.32 bits per heavy atom. The van der Waals surface area contributed by atoms with Crippen LogP contribution in [0.4, 0.5) is 4.39 Å². The highest BCUT2D eigenvalue weighted by molar-refractivity contribution is 6.31. The third-order valence-electron chi connectivity index (χ3n) is 3.53. The van der Waals surface area contributed by atoms with Crippen molar-refractivity contribution in [1.82, 2.24) is 10.1 Å². The lowest BCUT2D eigenvalue weighted by Crippen LogP contribution is -2.34. The van der Waals surface area contributed by atoms with Crippen LogP contribution in [0.2, 0.25) is 5.02 Å². The van der Waals surface area contributed by atoms with Gasteiger partial charge in [-0.3, -0.25) is 0 Å². The Balaban J connectivity index is 1.94. The molecule has 19 heavy (non-hydrogen) atoms. The van der Waals surface area contributed by atoms with Crippen LogP contribution in [-0.4, -0.2) is 10.1 Å². The summed E-state index contributed by atoms with van der Waals surface area (Å²) >= 11 is 5.74. The van der Waals surface area contributed by atoms with Gasteiger partial charge in [0.2, 0.25) is 0 Å². The summed E-state index contributed by atoms with van der Waals surface area (Å²) in [5, 5.41) is 3.98. The van der Waals surface area contributed by atoms with E-state index in [1.165, 1.54) is 12.1 Å². The molecule has 1 saturated carbocycles. The van der Waals surface area contributed by atoms with Crippen LogP contribution < -0.4 is 5.73 Å². The summed E-state index contributed by atoms with van der Waals surface area (Å²) in [6.07, 6.45) is 3.86. The minimum atomic E-state index is -0.494. The van der Waals surface area contributed by atoms with Crippen LogP contribution in [0, 0.1) is 5.82 Å². The summed E-state index contributed by atoms with van der Waals surface area (Å²) in [6.45, 7) is 0. The Bertz CT molecular complexity index is 608. The first-order valence-corrected chi connectivity index (χ1v) is 6.55. The van der Waals surface area contributed by atoms with Crippen LogP contribution in [0.1, 0.15) is 31.5 Å². The third-order valence-corrected chi connectivity index (χ3v) is 3.82. The van der Waals surface area contributed by atoms with Gasteiger partial charge in [-0.1, -0.05) is 29.6 Å². The van der Waals surface area contributed by atoms with Crippen molar-refractivity contribution in [3.63, 3.8) is 0 Å². The molecule has 1 fully saturated rings. The molecule has 0 atom stereocenters. The van der Waals surface area contributed by atoms with Gasteiger partial charge in [0.25, 0.3) is 5.89 Å². The highest BCUT2D eigenvalue weighted by Crippen LogP contribution is 2.35. The zero-order valence-corrected chi connectivity index (χ0v) is 11.0. The lowest BCUT2D eigenvalue weighted by atomic mass is 9.99. The predicted octanol–water partition coefficient (Wildman–Crippen LogP) is 3.26. The fourth-order valence-corrected chi connectivity index (χ4v) is 2.58. The van der Waals surface area contributed by atoms with Crippen molar-refractivity contribution >= 4 is 11.6 Å². The van der Waals surface area contributed by atoms with E-state index in [2.05, 4.69) is 10.1 Å². The van der Waals surface area contributed by atoms with Crippen LogP contribution in [-0.2, 0) is 5.54 Å². The fourth-order valence-electron chi connectivity index (χ4n) is 2.40. The summed E-state index contributed by atoms with van der Waals surface area (Å²) in [7, 11) is 0. The number of nitrogens with zero attached hydrogens (tertiary/aromatic N) is 2. The van der Waals surface area contributed by atoms with E-state index < -0.39 is 11.4 Å². The van der Waals surface area contributed by atoms with E-state index in [1.54, 1.807) is 6.07 Å². The second kappa shape index (κ2) is 4.58. The highest BCUT2D eigenvalue weighted by atomic mass is 35.5. The van der Waals surface area contributed by atoms with Crippen molar-refractivity contribution in [2.24, 2.45) is 5.73 Å². The van der Waals surface area contributed by atoms with Crippen molar-refractivity contribution in [2.45, 2.75) is 31.2 Å². The van der Waals surface area contributed by atoms with Gasteiger partial charge in [0.1, 0.15) is 5.82 Å². The molecule has 0 spiro atoms. The van der Waals surface area contributed by atoms with Crippen LogP contribution >= 0.6 is 11.6 Å². The summed E-state index contributed by atoms with van der Waals surface area (Å²) in [6, 6.07) is 4.29. The first kappa shape index (κ1) is 12.6. The van der Waals surface area contributed by atoms with E-state index in [0.29, 0.717) is 17.3 Å². The number of aromatic nitrogens is 2. The van der Waals surface area contributed by atoms with E-state index in [0.717, 1.165) is 25.7 Å². The van der Waals surface area contributed by atoms with Crippen molar-refractivity contribution in [3.05, 3.63) is 34.9 Å². The van der Waals surface area contributed by atoms with Gasteiger partial charge in [0.15, 0.2) is 5.82 Å². The third kappa shape index (κ3) is 2.24. The van der Waals surface area contributed by atoms with Gasteiger partial charge in [-0.2, -0.15) is 4.98 Å². The van der Waals surface area contributed by atoms with Crippen LogP contribution in [0.3, 0.4) is 0 Å². The second-order valence-corrected chi connectivity index (χ2v) is 5.32. The summed E-state index contributed by atoms with van der Waals surface area (Å²) in [4.78, 5) is 4.32. The summed E-state index contributed by atoms with van der Waals surface area (Å²) in [5.41, 5.74) is 6.35. The lowest BCUT2D eigenvalue weighted by molar-refractivity contribution is 0.372. The first-order chi connectivity index (χ1) is 9.08. The van der Waals surface area contributed by atoms with Gasteiger partial charge in [0, 0.05) is 5.56 Å². The normalized spacial score (nSPS) is 17.8. The molecule has 1 aliphatic rings. The van der Waals surface area contributed by atoms with Crippen molar-refractivity contribution in [3.8, 4) is 11.5 Å². The number of benzene rings is 1. The number of nitrogens with two attached hydrogens (primary N) is 1. The maximum atomic E-state index is 13.1. The molecule has 0 amide bonds. The van der Waals surface area contributed by atoms with Gasteiger partial charge in [-0.05, 0) is 31.0 Å². The van der Waals surface area contributed by atoms with E-state index in [1.807, 2.05) is 0 Å². The minimum Gasteiger partial charge on any atom is -0.334 e. The zero-order chi connectivity index (χ0) is 13.5. The Labute approximate surface area is 114 Å². The maximum absolute atomic E-state index is 13.1. The Morgan fingerprint density at radius 3 is 2.74 bits per heavy atom. The summed E-state index contributed by atoms with van der Waals surface area (Å²) < 4.78 is 18.3. The molecule has 6 heteroatoms. The number of hydrogen-bond acceptors (Lipinski definition) is 4. The summed E-state index contributed by atoms with van der Waals surface area (Å²) in [5.74, 6) is 0.352. The highest BCUT2D eigenvalue weighted by Gasteiger charge is 2.36. The molecule has 1 aromatic carbocycles. The molecule has 3 rings (SSSR count). The van der Waals surface area contributed by atoms with Gasteiger partial charge < -0.3 is 10.3 Å². The molecule has 100 valence electrons. The Morgan fingerprint density at radius 2 is 2.05 bits per heavy atom. The average molecular weight is 282 g/mol. The fraction of sp³-hybridized carbons (Fsp3) is 0.385. The van der Waals surface area contributed by atoms with E-state index in [-0.39, 0.29) is 5.02 Å². The van der Waals surface area contributed by atoms with Crippen LogP contribution in [0.5, 0.6) is 0 Å². The van der Waals surface area contributed by atoms with Crippen LogP contribution in [0.15, 0.2) is 22.7 Å². The molecular formula is C13H13ClFN3O. The Kier molecular flexibility index (Phi) is 3.03. The largest absolute Gasteiger partial charge is 0.334 e. The monoisotopic (exact) mass is 281 g/mol. The molecule has 1 aliphatic carbocycles. The molecule has 0 bridgehead atoms. The van der Waals surface area contributed by atoms with Crippen molar-refractivity contribution in [2.75, 3.05) is 0 Å². The predicted molar refractivity (Wildman–Crippen MR) is 69.0 cm³/mol. The molecule has 0 unspecified atom stereocenters. The second-order valence-electron chi connectivity index (χ2n) is 4.92. The van der Waals surface area contributed by atoms with Crippen molar-refractivity contribution < 1.29 is 8.91 Å². The quantitative estimate of drug-likeness (QED) is 0.917. The molecular weight excluding hydrogens is 269 g/mol. The molecule has 0 aliphatic heterocycles. The molecule has 1 heterocycles. The molecule has 2 N–H and O–H groups in total. The molecule has 0 saturated heterocycles. The smallest absolute Gasteiger partial charge is 0.258 e. The van der Waals surface area contributed by atoms with Crippen LogP contribution in [0.25, 0.3) is 11.5 Å². The molecule has 2 aromatic rings. The topological polar surface area (TPSA) is 64.9 Å². The maximum Gasteiger partial charge on any atom is 0.258 e. The van der Waals surface area contributed by atoms with Gasteiger partial charge in [-0.15, -0.1) is 0 Å². The first-order valence-electron chi connectivity index (χ1n) is 6.17.